The van der Waals surface area contributed by atoms with Crippen molar-refractivity contribution in [3.05, 3.63) is 71.7 Å². The summed E-state index contributed by atoms with van der Waals surface area (Å²) in [5, 5.41) is 3.23. The molecule has 2 aromatic carbocycles. The average Bonchev–Trinajstić information content (AvgIpc) is 2.77. The lowest BCUT2D eigenvalue weighted by Gasteiger charge is -2.27. The van der Waals surface area contributed by atoms with Gasteiger partial charge in [-0.05, 0) is 37.3 Å². The number of anilines is 4. The second-order valence-corrected chi connectivity index (χ2v) is 9.17. The molecule has 0 bridgehead atoms. The molecular formula is C22H24FN5O3S. The molecule has 0 unspecified atom stereocenters. The third-order valence-electron chi connectivity index (χ3n) is 4.87. The van der Waals surface area contributed by atoms with Crippen LogP contribution in [0.1, 0.15) is 11.3 Å². The largest absolute Gasteiger partial charge is 0.378 e. The van der Waals surface area contributed by atoms with Crippen LogP contribution in [0.3, 0.4) is 0 Å². The van der Waals surface area contributed by atoms with Crippen molar-refractivity contribution >= 4 is 33.2 Å². The van der Waals surface area contributed by atoms with Gasteiger partial charge < -0.3 is 15.0 Å². The molecule has 4 rings (SSSR count). The van der Waals surface area contributed by atoms with Crippen molar-refractivity contribution in [1.29, 1.82) is 0 Å². The minimum atomic E-state index is -3.75. The summed E-state index contributed by atoms with van der Waals surface area (Å²) in [7, 11) is -3.75. The molecule has 0 aliphatic carbocycles. The van der Waals surface area contributed by atoms with E-state index in [0.717, 1.165) is 24.5 Å². The van der Waals surface area contributed by atoms with E-state index in [0.29, 0.717) is 30.7 Å². The van der Waals surface area contributed by atoms with Crippen molar-refractivity contribution in [3.8, 4) is 0 Å². The Labute approximate surface area is 186 Å². The molecule has 1 fully saturated rings. The summed E-state index contributed by atoms with van der Waals surface area (Å²) in [6.45, 7) is 4.68. The van der Waals surface area contributed by atoms with Crippen molar-refractivity contribution in [2.24, 2.45) is 0 Å². The molecule has 0 atom stereocenters. The summed E-state index contributed by atoms with van der Waals surface area (Å²) in [5.41, 5.74) is 2.09. The van der Waals surface area contributed by atoms with Crippen molar-refractivity contribution < 1.29 is 17.5 Å². The van der Waals surface area contributed by atoms with Gasteiger partial charge in [0.15, 0.2) is 0 Å². The highest BCUT2D eigenvalue weighted by Crippen LogP contribution is 2.22. The standard InChI is InChI=1S/C22H24FN5O3S/c1-16-14-21(26-22(24-16)28-10-12-31-13-11-28)25-18-6-8-19(9-7-18)27-32(29,30)15-17-4-2-3-5-20(17)23/h2-9,14,27H,10-13,15H2,1H3,(H,24,25,26). The zero-order valence-corrected chi connectivity index (χ0v) is 18.4. The molecule has 0 radical (unpaired) electrons. The van der Waals surface area contributed by atoms with Gasteiger partial charge in [0, 0.05) is 41.8 Å². The molecule has 1 aliphatic heterocycles. The van der Waals surface area contributed by atoms with E-state index in [9.17, 15) is 12.8 Å². The molecule has 10 heteroatoms. The van der Waals surface area contributed by atoms with Gasteiger partial charge in [-0.3, -0.25) is 4.72 Å². The monoisotopic (exact) mass is 457 g/mol. The topological polar surface area (TPSA) is 96.5 Å². The highest BCUT2D eigenvalue weighted by atomic mass is 32.2. The van der Waals surface area contributed by atoms with E-state index >= 15 is 0 Å². The molecular weight excluding hydrogens is 433 g/mol. The lowest BCUT2D eigenvalue weighted by atomic mass is 10.2. The number of sulfonamides is 1. The molecule has 0 saturated carbocycles. The van der Waals surface area contributed by atoms with Gasteiger partial charge in [0.05, 0.1) is 19.0 Å². The number of halogens is 1. The average molecular weight is 458 g/mol. The highest BCUT2D eigenvalue weighted by Gasteiger charge is 2.16. The number of rotatable bonds is 7. The maximum atomic E-state index is 13.8. The molecule has 0 amide bonds. The number of nitrogens with one attached hydrogen (secondary N) is 2. The first-order chi connectivity index (χ1) is 15.4. The van der Waals surface area contributed by atoms with Crippen LogP contribution in [-0.2, 0) is 20.5 Å². The number of hydrogen-bond acceptors (Lipinski definition) is 7. The van der Waals surface area contributed by atoms with Gasteiger partial charge in [-0.1, -0.05) is 18.2 Å². The van der Waals surface area contributed by atoms with E-state index in [-0.39, 0.29) is 5.56 Å². The number of aromatic nitrogens is 2. The third-order valence-corrected chi connectivity index (χ3v) is 6.11. The van der Waals surface area contributed by atoms with Crippen LogP contribution in [0.4, 0.5) is 27.5 Å². The number of hydrogen-bond donors (Lipinski definition) is 2. The van der Waals surface area contributed by atoms with Crippen LogP contribution in [0, 0.1) is 12.7 Å². The van der Waals surface area contributed by atoms with E-state index in [4.69, 9.17) is 4.74 Å². The summed E-state index contributed by atoms with van der Waals surface area (Å²) >= 11 is 0. The van der Waals surface area contributed by atoms with Crippen LogP contribution < -0.4 is 14.9 Å². The molecule has 1 aromatic heterocycles. The van der Waals surface area contributed by atoms with Crippen LogP contribution in [0.25, 0.3) is 0 Å². The quantitative estimate of drug-likeness (QED) is 0.561. The number of nitrogens with zero attached hydrogens (tertiary/aromatic N) is 3. The molecule has 2 heterocycles. The fourth-order valence-corrected chi connectivity index (χ4v) is 4.54. The van der Waals surface area contributed by atoms with Gasteiger partial charge in [-0.2, -0.15) is 4.98 Å². The molecule has 0 spiro atoms. The zero-order chi connectivity index (χ0) is 22.6. The second kappa shape index (κ2) is 9.49. The first-order valence-electron chi connectivity index (χ1n) is 10.2. The van der Waals surface area contributed by atoms with Crippen LogP contribution >= 0.6 is 0 Å². The first kappa shape index (κ1) is 22.0. The maximum absolute atomic E-state index is 13.8. The molecule has 3 aromatic rings. The number of benzene rings is 2. The number of aryl methyl sites for hydroxylation is 1. The fraction of sp³-hybridized carbons (Fsp3) is 0.273. The normalized spacial score (nSPS) is 14.2. The molecule has 2 N–H and O–H groups in total. The van der Waals surface area contributed by atoms with Crippen LogP contribution in [0.2, 0.25) is 0 Å². The van der Waals surface area contributed by atoms with E-state index < -0.39 is 21.6 Å². The minimum Gasteiger partial charge on any atom is -0.378 e. The fourth-order valence-electron chi connectivity index (χ4n) is 3.33. The Morgan fingerprint density at radius 3 is 2.44 bits per heavy atom. The lowest BCUT2D eigenvalue weighted by Crippen LogP contribution is -2.37. The Morgan fingerprint density at radius 2 is 1.72 bits per heavy atom. The lowest BCUT2D eigenvalue weighted by molar-refractivity contribution is 0.122. The van der Waals surface area contributed by atoms with E-state index in [1.807, 2.05) is 13.0 Å². The van der Waals surface area contributed by atoms with E-state index in [1.165, 1.54) is 18.2 Å². The van der Waals surface area contributed by atoms with Gasteiger partial charge >= 0.3 is 0 Å². The smallest absolute Gasteiger partial charge is 0.237 e. The molecule has 1 aliphatic rings. The SMILES string of the molecule is Cc1cc(Nc2ccc(NS(=O)(=O)Cc3ccccc3F)cc2)nc(N2CCOCC2)n1. The van der Waals surface area contributed by atoms with E-state index in [2.05, 4.69) is 24.9 Å². The van der Waals surface area contributed by atoms with Gasteiger partial charge in [-0.25, -0.2) is 17.8 Å². The number of ether oxygens (including phenoxy) is 1. The third kappa shape index (κ3) is 5.71. The summed E-state index contributed by atoms with van der Waals surface area (Å²) < 4.78 is 46.4. The number of morpholine rings is 1. The van der Waals surface area contributed by atoms with Crippen LogP contribution in [0.15, 0.2) is 54.6 Å². The highest BCUT2D eigenvalue weighted by molar-refractivity contribution is 7.91. The Kier molecular flexibility index (Phi) is 6.52. The Morgan fingerprint density at radius 1 is 1.03 bits per heavy atom. The van der Waals surface area contributed by atoms with Crippen molar-refractivity contribution in [1.82, 2.24) is 9.97 Å². The molecule has 168 valence electrons. The predicted molar refractivity (Wildman–Crippen MR) is 122 cm³/mol. The van der Waals surface area contributed by atoms with Crippen LogP contribution in [-0.4, -0.2) is 44.7 Å². The van der Waals surface area contributed by atoms with E-state index in [1.54, 1.807) is 30.3 Å². The Bertz CT molecular complexity index is 1180. The summed E-state index contributed by atoms with van der Waals surface area (Å²) in [5.74, 6) is 0.304. The molecule has 8 nitrogen and oxygen atoms in total. The van der Waals surface area contributed by atoms with Gasteiger partial charge in [0.1, 0.15) is 11.6 Å². The predicted octanol–water partition coefficient (Wildman–Crippen LogP) is 3.45. The van der Waals surface area contributed by atoms with Gasteiger partial charge in [-0.15, -0.1) is 0 Å². The second-order valence-electron chi connectivity index (χ2n) is 7.45. The minimum absolute atomic E-state index is 0.119. The first-order valence-corrected chi connectivity index (χ1v) is 11.8. The Hall–Kier alpha value is -3.24. The maximum Gasteiger partial charge on any atom is 0.237 e. The van der Waals surface area contributed by atoms with Crippen molar-refractivity contribution in [2.75, 3.05) is 41.2 Å². The zero-order valence-electron chi connectivity index (χ0n) is 17.6. The van der Waals surface area contributed by atoms with Gasteiger partial charge in [0.2, 0.25) is 16.0 Å². The molecule has 32 heavy (non-hydrogen) atoms. The summed E-state index contributed by atoms with van der Waals surface area (Å²) in [6, 6.07) is 14.4. The van der Waals surface area contributed by atoms with Crippen molar-refractivity contribution in [2.45, 2.75) is 12.7 Å². The summed E-state index contributed by atoms with van der Waals surface area (Å²) in [6.07, 6.45) is 0. The summed E-state index contributed by atoms with van der Waals surface area (Å²) in [4.78, 5) is 11.2. The Balaban J connectivity index is 1.43. The van der Waals surface area contributed by atoms with Crippen LogP contribution in [0.5, 0.6) is 0 Å². The van der Waals surface area contributed by atoms with Crippen molar-refractivity contribution in [3.63, 3.8) is 0 Å². The van der Waals surface area contributed by atoms with Gasteiger partial charge in [0.25, 0.3) is 0 Å². The molecule has 1 saturated heterocycles.